The van der Waals surface area contributed by atoms with E-state index in [1.807, 2.05) is 0 Å². The van der Waals surface area contributed by atoms with Crippen LogP contribution in [0.5, 0.6) is 0 Å². The van der Waals surface area contributed by atoms with E-state index < -0.39 is 19.9 Å². The minimum atomic E-state index is -3.72. The minimum absolute atomic E-state index is 0.0104. The summed E-state index contributed by atoms with van der Waals surface area (Å²) in [6.07, 6.45) is 0.0104. The highest BCUT2D eigenvalue weighted by molar-refractivity contribution is 8.13. The lowest BCUT2D eigenvalue weighted by molar-refractivity contribution is -0.384. The first kappa shape index (κ1) is 16.7. The van der Waals surface area contributed by atoms with Crippen LogP contribution in [0, 0.1) is 29.9 Å². The first-order chi connectivity index (χ1) is 10.1. The number of halogens is 1. The fourth-order valence-electron chi connectivity index (χ4n) is 2.67. The number of hydrogen-bond donors (Lipinski definition) is 0. The van der Waals surface area contributed by atoms with Gasteiger partial charge in [0.1, 0.15) is 5.69 Å². The van der Waals surface area contributed by atoms with Crippen LogP contribution in [0.2, 0.25) is 0 Å². The Labute approximate surface area is 132 Å². The third-order valence-corrected chi connectivity index (χ3v) is 5.03. The van der Waals surface area contributed by atoms with Crippen molar-refractivity contribution >= 4 is 37.0 Å². The molecule has 1 amide bonds. The van der Waals surface area contributed by atoms with Crippen LogP contribution in [0.25, 0.3) is 0 Å². The van der Waals surface area contributed by atoms with Gasteiger partial charge in [0.25, 0.3) is 5.69 Å². The topological polar surface area (TPSA) is 97.6 Å². The van der Waals surface area contributed by atoms with Crippen LogP contribution in [-0.4, -0.2) is 31.5 Å². The molecule has 1 unspecified atom stereocenters. The molecule has 0 saturated carbocycles. The third kappa shape index (κ3) is 3.38. The molecule has 0 spiro atoms. The van der Waals surface area contributed by atoms with Crippen LogP contribution in [0.1, 0.15) is 17.5 Å². The fourth-order valence-corrected chi connectivity index (χ4v) is 3.99. The maximum absolute atomic E-state index is 12.2. The average Bonchev–Trinajstić information content (AvgIpc) is 2.70. The normalized spacial score (nSPS) is 18.8. The second-order valence-electron chi connectivity index (χ2n) is 5.41. The molecule has 1 aliphatic rings. The highest BCUT2D eigenvalue weighted by Crippen LogP contribution is 2.37. The van der Waals surface area contributed by atoms with E-state index in [0.29, 0.717) is 5.56 Å². The molecule has 120 valence electrons. The minimum Gasteiger partial charge on any atom is -0.306 e. The molecule has 0 N–H and O–H groups in total. The van der Waals surface area contributed by atoms with Gasteiger partial charge in [-0.2, -0.15) is 0 Å². The summed E-state index contributed by atoms with van der Waals surface area (Å²) in [5.74, 6) is -1.12. The molecular weight excluding hydrogens is 332 g/mol. The summed E-state index contributed by atoms with van der Waals surface area (Å²) in [6.45, 7) is 3.61. The zero-order valence-corrected chi connectivity index (χ0v) is 13.6. The van der Waals surface area contributed by atoms with Crippen LogP contribution >= 0.6 is 10.7 Å². The zero-order chi connectivity index (χ0) is 16.7. The fraction of sp³-hybridized carbons (Fsp3) is 0.462. The molecule has 0 radical (unpaired) electrons. The van der Waals surface area contributed by atoms with Crippen LogP contribution in [-0.2, 0) is 13.8 Å². The summed E-state index contributed by atoms with van der Waals surface area (Å²) in [6, 6.07) is 2.98. The quantitative estimate of drug-likeness (QED) is 0.472. The number of carbonyl (C=O) groups excluding carboxylic acids is 1. The molecule has 1 aliphatic heterocycles. The van der Waals surface area contributed by atoms with Crippen molar-refractivity contribution in [1.29, 1.82) is 0 Å². The number of hydrogen-bond acceptors (Lipinski definition) is 5. The number of nitrogens with zero attached hydrogens (tertiary/aromatic N) is 2. The van der Waals surface area contributed by atoms with E-state index in [2.05, 4.69) is 0 Å². The summed E-state index contributed by atoms with van der Waals surface area (Å²) in [5.41, 5.74) is 1.54. The van der Waals surface area contributed by atoms with Gasteiger partial charge in [0.2, 0.25) is 15.0 Å². The average molecular weight is 347 g/mol. The molecule has 1 heterocycles. The smallest absolute Gasteiger partial charge is 0.293 e. The molecular formula is C13H15ClN2O5S. The monoisotopic (exact) mass is 346 g/mol. The Hall–Kier alpha value is -1.67. The van der Waals surface area contributed by atoms with Gasteiger partial charge in [-0.05, 0) is 25.0 Å². The summed E-state index contributed by atoms with van der Waals surface area (Å²) in [7, 11) is 1.51. The van der Waals surface area contributed by atoms with Crippen molar-refractivity contribution in [1.82, 2.24) is 0 Å². The molecule has 9 heteroatoms. The highest BCUT2D eigenvalue weighted by atomic mass is 35.7. The van der Waals surface area contributed by atoms with Gasteiger partial charge < -0.3 is 4.90 Å². The van der Waals surface area contributed by atoms with Gasteiger partial charge in [-0.15, -0.1) is 0 Å². The van der Waals surface area contributed by atoms with Gasteiger partial charge in [-0.25, -0.2) is 8.42 Å². The molecule has 1 aromatic rings. The van der Waals surface area contributed by atoms with Crippen molar-refractivity contribution in [2.45, 2.75) is 20.3 Å². The van der Waals surface area contributed by atoms with E-state index in [0.717, 1.165) is 5.56 Å². The van der Waals surface area contributed by atoms with Gasteiger partial charge in [-0.1, -0.05) is 6.07 Å². The Bertz CT molecular complexity index is 747. The summed E-state index contributed by atoms with van der Waals surface area (Å²) in [5, 5.41) is 11.2. The number of carbonyl (C=O) groups is 1. The predicted molar refractivity (Wildman–Crippen MR) is 82.7 cm³/mol. The van der Waals surface area contributed by atoms with Crippen molar-refractivity contribution in [3.8, 4) is 0 Å². The predicted octanol–water partition coefficient (Wildman–Crippen LogP) is 2.13. The molecule has 0 aromatic heterocycles. The van der Waals surface area contributed by atoms with Gasteiger partial charge in [0, 0.05) is 35.6 Å². The van der Waals surface area contributed by atoms with Crippen LogP contribution < -0.4 is 4.90 Å². The molecule has 0 aliphatic carbocycles. The first-order valence-electron chi connectivity index (χ1n) is 6.57. The van der Waals surface area contributed by atoms with Crippen molar-refractivity contribution in [3.63, 3.8) is 0 Å². The number of anilines is 1. The SMILES string of the molecule is Cc1ccc([N+](=O)[O-])c(N2CC(CS(=O)(=O)Cl)CC2=O)c1C. The molecule has 22 heavy (non-hydrogen) atoms. The molecule has 1 fully saturated rings. The van der Waals surface area contributed by atoms with E-state index in [-0.39, 0.29) is 36.0 Å². The maximum atomic E-state index is 12.2. The summed E-state index contributed by atoms with van der Waals surface area (Å²) >= 11 is 0. The molecule has 7 nitrogen and oxygen atoms in total. The number of nitro benzene ring substituents is 1. The van der Waals surface area contributed by atoms with Gasteiger partial charge in [0.15, 0.2) is 0 Å². The largest absolute Gasteiger partial charge is 0.306 e. The Balaban J connectivity index is 2.42. The van der Waals surface area contributed by atoms with Crippen molar-refractivity contribution in [3.05, 3.63) is 33.4 Å². The van der Waals surface area contributed by atoms with Crippen LogP contribution in [0.15, 0.2) is 12.1 Å². The van der Waals surface area contributed by atoms with E-state index >= 15 is 0 Å². The molecule has 1 aromatic carbocycles. The maximum Gasteiger partial charge on any atom is 0.293 e. The molecule has 0 bridgehead atoms. The van der Waals surface area contributed by atoms with E-state index in [1.165, 1.54) is 11.0 Å². The van der Waals surface area contributed by atoms with Gasteiger partial charge >= 0.3 is 0 Å². The number of rotatable bonds is 4. The highest BCUT2D eigenvalue weighted by Gasteiger charge is 2.37. The second-order valence-corrected chi connectivity index (χ2v) is 8.23. The molecule has 2 rings (SSSR count). The third-order valence-electron chi connectivity index (χ3n) is 3.79. The van der Waals surface area contributed by atoms with E-state index in [1.54, 1.807) is 19.9 Å². The van der Waals surface area contributed by atoms with E-state index in [9.17, 15) is 23.3 Å². The first-order valence-corrected chi connectivity index (χ1v) is 9.05. The van der Waals surface area contributed by atoms with Crippen LogP contribution in [0.4, 0.5) is 11.4 Å². The summed E-state index contributed by atoms with van der Waals surface area (Å²) < 4.78 is 22.3. The van der Waals surface area contributed by atoms with E-state index in [4.69, 9.17) is 10.7 Å². The Morgan fingerprint density at radius 2 is 2.05 bits per heavy atom. The number of amides is 1. The lowest BCUT2D eigenvalue weighted by Gasteiger charge is -2.20. The zero-order valence-electron chi connectivity index (χ0n) is 12.1. The Kier molecular flexibility index (Phi) is 4.44. The number of benzene rings is 1. The molecule has 1 saturated heterocycles. The second kappa shape index (κ2) is 5.85. The van der Waals surface area contributed by atoms with Crippen LogP contribution in [0.3, 0.4) is 0 Å². The lowest BCUT2D eigenvalue weighted by Crippen LogP contribution is -2.27. The standard InChI is InChI=1S/C13H15ClN2O5S/c1-8-3-4-11(16(18)19)13(9(8)2)15-6-10(5-12(15)17)7-22(14,20)21/h3-4,10H,5-7H2,1-2H3. The van der Waals surface area contributed by atoms with Crippen molar-refractivity contribution in [2.75, 3.05) is 17.2 Å². The summed E-state index contributed by atoms with van der Waals surface area (Å²) in [4.78, 5) is 24.1. The number of nitro groups is 1. The van der Waals surface area contributed by atoms with Crippen molar-refractivity contribution < 1.29 is 18.1 Å². The lowest BCUT2D eigenvalue weighted by atomic mass is 10.1. The molecule has 1 atom stereocenters. The van der Waals surface area contributed by atoms with Gasteiger partial charge in [0.05, 0.1) is 10.7 Å². The Morgan fingerprint density at radius 3 is 2.59 bits per heavy atom. The van der Waals surface area contributed by atoms with Crippen molar-refractivity contribution in [2.24, 2.45) is 5.92 Å². The van der Waals surface area contributed by atoms with Gasteiger partial charge in [-0.3, -0.25) is 14.9 Å². The Morgan fingerprint density at radius 1 is 1.41 bits per heavy atom. The number of aryl methyl sites for hydroxylation is 1.